The normalized spacial score (nSPS) is 12.2. The van der Waals surface area contributed by atoms with E-state index in [4.69, 9.17) is 4.74 Å². The largest absolute Gasteiger partial charge is 0.489 e. The van der Waals surface area contributed by atoms with Crippen LogP contribution >= 0.6 is 15.9 Å². The van der Waals surface area contributed by atoms with Crippen LogP contribution in [0, 0.1) is 13.8 Å². The molecule has 0 bridgehead atoms. The molecule has 0 spiro atoms. The average Bonchev–Trinajstić information content (AvgIpc) is 2.40. The summed E-state index contributed by atoms with van der Waals surface area (Å²) in [4.78, 5) is 0. The van der Waals surface area contributed by atoms with E-state index in [0.29, 0.717) is 6.61 Å². The predicted octanol–water partition coefficient (Wildman–Crippen LogP) is 4.70. The van der Waals surface area contributed by atoms with Crippen LogP contribution in [0.1, 0.15) is 35.3 Å². The van der Waals surface area contributed by atoms with E-state index >= 15 is 0 Å². The highest BCUT2D eigenvalue weighted by Crippen LogP contribution is 2.29. The first kappa shape index (κ1) is 15.1. The van der Waals surface area contributed by atoms with Crippen LogP contribution in [-0.4, -0.2) is 5.11 Å². The zero-order valence-corrected chi connectivity index (χ0v) is 13.6. The van der Waals surface area contributed by atoms with Gasteiger partial charge in [-0.05, 0) is 50.1 Å². The third kappa shape index (κ3) is 3.62. The second-order valence-corrected chi connectivity index (χ2v) is 5.99. The smallest absolute Gasteiger partial charge is 0.125 e. The fourth-order valence-corrected chi connectivity index (χ4v) is 2.47. The summed E-state index contributed by atoms with van der Waals surface area (Å²) in [7, 11) is 0. The Balaban J connectivity index is 2.20. The van der Waals surface area contributed by atoms with Crippen LogP contribution in [0.2, 0.25) is 0 Å². The van der Waals surface area contributed by atoms with E-state index in [9.17, 15) is 5.11 Å². The number of hydrogen-bond donors (Lipinski definition) is 1. The van der Waals surface area contributed by atoms with Gasteiger partial charge in [-0.1, -0.05) is 39.7 Å². The highest BCUT2D eigenvalue weighted by Gasteiger charge is 2.10. The van der Waals surface area contributed by atoms with E-state index in [1.807, 2.05) is 18.2 Å². The van der Waals surface area contributed by atoms with Gasteiger partial charge in [0.05, 0.1) is 6.10 Å². The van der Waals surface area contributed by atoms with Gasteiger partial charge >= 0.3 is 0 Å². The summed E-state index contributed by atoms with van der Waals surface area (Å²) in [5, 5.41) is 9.82. The molecule has 0 fully saturated rings. The van der Waals surface area contributed by atoms with Crippen molar-refractivity contribution in [1.82, 2.24) is 0 Å². The SMILES string of the molecule is Cc1ccc(C)c(COc2ccc(Br)cc2C(C)O)c1. The Kier molecular flexibility index (Phi) is 4.84. The molecular formula is C17H19BrO2. The van der Waals surface area contributed by atoms with E-state index in [2.05, 4.69) is 48.0 Å². The number of aliphatic hydroxyl groups excluding tert-OH is 1. The van der Waals surface area contributed by atoms with Crippen molar-refractivity contribution in [3.05, 3.63) is 63.1 Å². The van der Waals surface area contributed by atoms with E-state index in [0.717, 1.165) is 15.8 Å². The van der Waals surface area contributed by atoms with Crippen LogP contribution < -0.4 is 4.74 Å². The molecule has 1 N–H and O–H groups in total. The highest BCUT2D eigenvalue weighted by atomic mass is 79.9. The van der Waals surface area contributed by atoms with Gasteiger partial charge < -0.3 is 9.84 Å². The molecular weight excluding hydrogens is 316 g/mol. The molecule has 20 heavy (non-hydrogen) atoms. The minimum atomic E-state index is -0.555. The number of rotatable bonds is 4. The van der Waals surface area contributed by atoms with Gasteiger partial charge in [0.15, 0.2) is 0 Å². The first-order valence-corrected chi connectivity index (χ1v) is 7.43. The van der Waals surface area contributed by atoms with Gasteiger partial charge in [-0.15, -0.1) is 0 Å². The average molecular weight is 335 g/mol. The molecule has 0 saturated heterocycles. The number of benzene rings is 2. The molecule has 106 valence electrons. The topological polar surface area (TPSA) is 29.5 Å². The van der Waals surface area contributed by atoms with Crippen LogP contribution in [0.4, 0.5) is 0 Å². The Morgan fingerprint density at radius 2 is 1.90 bits per heavy atom. The van der Waals surface area contributed by atoms with Crippen molar-refractivity contribution in [2.45, 2.75) is 33.5 Å². The zero-order valence-electron chi connectivity index (χ0n) is 12.0. The van der Waals surface area contributed by atoms with Gasteiger partial charge in [-0.25, -0.2) is 0 Å². The molecule has 0 amide bonds. The molecule has 2 aromatic rings. The Morgan fingerprint density at radius 1 is 1.15 bits per heavy atom. The van der Waals surface area contributed by atoms with Crippen molar-refractivity contribution in [2.75, 3.05) is 0 Å². The molecule has 2 rings (SSSR count). The van der Waals surface area contributed by atoms with Crippen molar-refractivity contribution < 1.29 is 9.84 Å². The van der Waals surface area contributed by atoms with E-state index in [1.165, 1.54) is 16.7 Å². The molecule has 0 radical (unpaired) electrons. The molecule has 0 heterocycles. The predicted molar refractivity (Wildman–Crippen MR) is 85.0 cm³/mol. The second kappa shape index (κ2) is 6.42. The fraction of sp³-hybridized carbons (Fsp3) is 0.294. The third-order valence-electron chi connectivity index (χ3n) is 3.31. The summed E-state index contributed by atoms with van der Waals surface area (Å²) in [5.41, 5.74) is 4.40. The molecule has 1 atom stereocenters. The lowest BCUT2D eigenvalue weighted by Gasteiger charge is -2.15. The first-order valence-electron chi connectivity index (χ1n) is 6.64. The molecule has 0 aliphatic carbocycles. The molecule has 1 unspecified atom stereocenters. The highest BCUT2D eigenvalue weighted by molar-refractivity contribution is 9.10. The van der Waals surface area contributed by atoms with E-state index in [-0.39, 0.29) is 0 Å². The lowest BCUT2D eigenvalue weighted by atomic mass is 10.1. The van der Waals surface area contributed by atoms with Crippen molar-refractivity contribution >= 4 is 15.9 Å². The summed E-state index contributed by atoms with van der Waals surface area (Å²) < 4.78 is 6.83. The van der Waals surface area contributed by atoms with Crippen LogP contribution in [-0.2, 0) is 6.61 Å². The summed E-state index contributed by atoms with van der Waals surface area (Å²) in [5.74, 6) is 0.726. The van der Waals surface area contributed by atoms with Crippen molar-refractivity contribution in [3.63, 3.8) is 0 Å². The lowest BCUT2D eigenvalue weighted by Crippen LogP contribution is -2.02. The number of aryl methyl sites for hydroxylation is 2. The molecule has 3 heteroatoms. The van der Waals surface area contributed by atoms with Crippen LogP contribution in [0.25, 0.3) is 0 Å². The lowest BCUT2D eigenvalue weighted by molar-refractivity contribution is 0.190. The molecule has 0 aliphatic rings. The van der Waals surface area contributed by atoms with Gasteiger partial charge in [-0.2, -0.15) is 0 Å². The van der Waals surface area contributed by atoms with Crippen molar-refractivity contribution in [2.24, 2.45) is 0 Å². The Hall–Kier alpha value is -1.32. The van der Waals surface area contributed by atoms with E-state index in [1.54, 1.807) is 6.92 Å². The number of halogens is 1. The summed E-state index contributed by atoms with van der Waals surface area (Å²) in [6.07, 6.45) is -0.555. The number of ether oxygens (including phenoxy) is 1. The van der Waals surface area contributed by atoms with E-state index < -0.39 is 6.10 Å². The summed E-state index contributed by atoms with van der Waals surface area (Å²) >= 11 is 3.42. The molecule has 0 saturated carbocycles. The van der Waals surface area contributed by atoms with Gasteiger partial charge in [0.25, 0.3) is 0 Å². The van der Waals surface area contributed by atoms with Gasteiger partial charge in [-0.3, -0.25) is 0 Å². The van der Waals surface area contributed by atoms with Gasteiger partial charge in [0, 0.05) is 10.0 Å². The second-order valence-electron chi connectivity index (χ2n) is 5.08. The first-order chi connectivity index (χ1) is 9.47. The number of aliphatic hydroxyl groups is 1. The standard InChI is InChI=1S/C17H19BrO2/c1-11-4-5-12(2)14(8-11)10-20-17-7-6-15(18)9-16(17)13(3)19/h4-9,13,19H,10H2,1-3H3. The van der Waals surface area contributed by atoms with Crippen LogP contribution in [0.15, 0.2) is 40.9 Å². The van der Waals surface area contributed by atoms with Gasteiger partial charge in [0.1, 0.15) is 12.4 Å². The maximum atomic E-state index is 9.82. The molecule has 0 aromatic heterocycles. The maximum Gasteiger partial charge on any atom is 0.125 e. The van der Waals surface area contributed by atoms with Crippen LogP contribution in [0.5, 0.6) is 5.75 Å². The number of hydrogen-bond acceptors (Lipinski definition) is 2. The zero-order chi connectivity index (χ0) is 14.7. The third-order valence-corrected chi connectivity index (χ3v) is 3.80. The quantitative estimate of drug-likeness (QED) is 0.878. The van der Waals surface area contributed by atoms with Gasteiger partial charge in [0.2, 0.25) is 0 Å². The van der Waals surface area contributed by atoms with Crippen LogP contribution in [0.3, 0.4) is 0 Å². The van der Waals surface area contributed by atoms with Crippen molar-refractivity contribution in [3.8, 4) is 5.75 Å². The van der Waals surface area contributed by atoms with Crippen molar-refractivity contribution in [1.29, 1.82) is 0 Å². The molecule has 2 nitrogen and oxygen atoms in total. The summed E-state index contributed by atoms with van der Waals surface area (Å²) in [6, 6.07) is 12.0. The Labute approximate surface area is 128 Å². The fourth-order valence-electron chi connectivity index (χ4n) is 2.09. The monoisotopic (exact) mass is 334 g/mol. The maximum absolute atomic E-state index is 9.82. The summed E-state index contributed by atoms with van der Waals surface area (Å²) in [6.45, 7) is 6.40. The minimum absolute atomic E-state index is 0.509. The molecule has 2 aromatic carbocycles. The molecule has 0 aliphatic heterocycles. The Bertz CT molecular complexity index is 606. The minimum Gasteiger partial charge on any atom is -0.489 e. The Morgan fingerprint density at radius 3 is 2.60 bits per heavy atom.